The number of nitrogens with two attached hydrogens (primary N) is 1. The van der Waals surface area contributed by atoms with E-state index in [0.29, 0.717) is 22.7 Å². The van der Waals surface area contributed by atoms with Gasteiger partial charge in [0.15, 0.2) is 11.5 Å². The lowest BCUT2D eigenvalue weighted by molar-refractivity contribution is 0.0689. The van der Waals surface area contributed by atoms with E-state index in [1.807, 2.05) is 4.90 Å². The average molecular weight is 276 g/mol. The van der Waals surface area contributed by atoms with Gasteiger partial charge >= 0.3 is 0 Å². The minimum atomic E-state index is -0.00430. The lowest BCUT2D eigenvalue weighted by atomic mass is 9.94. The van der Waals surface area contributed by atoms with Crippen LogP contribution in [-0.2, 0) is 0 Å². The third-order valence-corrected chi connectivity index (χ3v) is 4.25. The third-order valence-electron chi connectivity index (χ3n) is 4.25. The number of benzene rings is 1. The van der Waals surface area contributed by atoms with Crippen LogP contribution >= 0.6 is 0 Å². The molecule has 5 nitrogen and oxygen atoms in total. The molecule has 0 bridgehead atoms. The molecule has 0 aromatic heterocycles. The van der Waals surface area contributed by atoms with Crippen molar-refractivity contribution in [3.05, 3.63) is 17.7 Å². The lowest BCUT2D eigenvalue weighted by Gasteiger charge is -2.31. The molecule has 0 radical (unpaired) electrons. The van der Waals surface area contributed by atoms with E-state index in [9.17, 15) is 4.79 Å². The Bertz CT molecular complexity index is 522. The number of nitrogens with zero attached hydrogens (tertiary/aromatic N) is 1. The predicted octanol–water partition coefficient (Wildman–Crippen LogP) is 2.26. The Morgan fingerprint density at radius 1 is 1.30 bits per heavy atom. The second-order valence-electron chi connectivity index (χ2n) is 5.44. The number of likely N-dealkylation sites (tertiary alicyclic amines) is 1. The van der Waals surface area contributed by atoms with Crippen molar-refractivity contribution in [1.29, 1.82) is 0 Å². The van der Waals surface area contributed by atoms with Gasteiger partial charge in [0.25, 0.3) is 5.91 Å². The van der Waals surface area contributed by atoms with E-state index in [2.05, 4.69) is 6.92 Å². The summed E-state index contributed by atoms with van der Waals surface area (Å²) in [6.45, 7) is 4.02. The summed E-state index contributed by atoms with van der Waals surface area (Å²) < 4.78 is 10.6. The second kappa shape index (κ2) is 5.23. The topological polar surface area (TPSA) is 64.8 Å². The highest BCUT2D eigenvalue weighted by Gasteiger charge is 2.26. The minimum Gasteiger partial charge on any atom is -0.454 e. The maximum Gasteiger partial charge on any atom is 0.256 e. The van der Waals surface area contributed by atoms with Crippen molar-refractivity contribution in [3.63, 3.8) is 0 Å². The van der Waals surface area contributed by atoms with E-state index in [0.717, 1.165) is 31.8 Å². The predicted molar refractivity (Wildman–Crippen MR) is 75.9 cm³/mol. The summed E-state index contributed by atoms with van der Waals surface area (Å²) >= 11 is 0. The maximum absolute atomic E-state index is 12.6. The first kappa shape index (κ1) is 13.1. The SMILES string of the molecule is CCC1CCN(C(=O)c2cc3c(cc2N)OCO3)CC1. The van der Waals surface area contributed by atoms with Crippen molar-refractivity contribution in [1.82, 2.24) is 4.90 Å². The van der Waals surface area contributed by atoms with Crippen molar-refractivity contribution in [2.75, 3.05) is 25.6 Å². The van der Waals surface area contributed by atoms with E-state index < -0.39 is 0 Å². The van der Waals surface area contributed by atoms with Crippen LogP contribution in [0.4, 0.5) is 5.69 Å². The van der Waals surface area contributed by atoms with Crippen molar-refractivity contribution in [2.24, 2.45) is 5.92 Å². The summed E-state index contributed by atoms with van der Waals surface area (Å²) in [5.74, 6) is 1.96. The Kier molecular flexibility index (Phi) is 3.42. The highest BCUT2D eigenvalue weighted by Crippen LogP contribution is 2.36. The Morgan fingerprint density at radius 2 is 1.95 bits per heavy atom. The van der Waals surface area contributed by atoms with Gasteiger partial charge in [0.2, 0.25) is 6.79 Å². The van der Waals surface area contributed by atoms with Crippen LogP contribution in [-0.4, -0.2) is 30.7 Å². The quantitative estimate of drug-likeness (QED) is 0.841. The van der Waals surface area contributed by atoms with Crippen LogP contribution in [0.3, 0.4) is 0 Å². The fourth-order valence-corrected chi connectivity index (χ4v) is 2.86. The number of carbonyl (C=O) groups is 1. The van der Waals surface area contributed by atoms with E-state index in [1.54, 1.807) is 12.1 Å². The fourth-order valence-electron chi connectivity index (χ4n) is 2.86. The zero-order chi connectivity index (χ0) is 14.1. The summed E-state index contributed by atoms with van der Waals surface area (Å²) in [7, 11) is 0. The Balaban J connectivity index is 1.78. The molecule has 2 aliphatic heterocycles. The molecule has 1 fully saturated rings. The molecule has 2 aliphatic rings. The Hall–Kier alpha value is -1.91. The van der Waals surface area contributed by atoms with Crippen LogP contribution in [0.15, 0.2) is 12.1 Å². The normalized spacial score (nSPS) is 18.4. The fraction of sp³-hybridized carbons (Fsp3) is 0.533. The van der Waals surface area contributed by atoms with Gasteiger partial charge < -0.3 is 20.1 Å². The van der Waals surface area contributed by atoms with Gasteiger partial charge in [0, 0.05) is 24.8 Å². The summed E-state index contributed by atoms with van der Waals surface area (Å²) in [4.78, 5) is 14.5. The van der Waals surface area contributed by atoms with E-state index in [-0.39, 0.29) is 12.7 Å². The van der Waals surface area contributed by atoms with Gasteiger partial charge in [-0.3, -0.25) is 4.79 Å². The molecule has 0 spiro atoms. The number of amides is 1. The number of nitrogen functional groups attached to an aromatic ring is 1. The maximum atomic E-state index is 12.6. The van der Waals surface area contributed by atoms with E-state index in [4.69, 9.17) is 15.2 Å². The van der Waals surface area contributed by atoms with Crippen molar-refractivity contribution in [2.45, 2.75) is 26.2 Å². The average Bonchev–Trinajstić information content (AvgIpc) is 2.93. The molecule has 0 saturated carbocycles. The number of anilines is 1. The highest BCUT2D eigenvalue weighted by molar-refractivity contribution is 6.00. The summed E-state index contributed by atoms with van der Waals surface area (Å²) in [6, 6.07) is 3.38. The smallest absolute Gasteiger partial charge is 0.256 e. The first-order valence-electron chi connectivity index (χ1n) is 7.17. The van der Waals surface area contributed by atoms with Crippen LogP contribution in [0.5, 0.6) is 11.5 Å². The van der Waals surface area contributed by atoms with Crippen LogP contribution < -0.4 is 15.2 Å². The largest absolute Gasteiger partial charge is 0.454 e. The van der Waals surface area contributed by atoms with Gasteiger partial charge in [-0.15, -0.1) is 0 Å². The molecule has 0 aliphatic carbocycles. The molecule has 1 amide bonds. The minimum absolute atomic E-state index is 0.00430. The van der Waals surface area contributed by atoms with Crippen LogP contribution in [0.2, 0.25) is 0 Å². The Labute approximate surface area is 118 Å². The van der Waals surface area contributed by atoms with Gasteiger partial charge in [-0.25, -0.2) is 0 Å². The molecule has 0 atom stereocenters. The number of piperidine rings is 1. The monoisotopic (exact) mass is 276 g/mol. The Morgan fingerprint density at radius 3 is 2.60 bits per heavy atom. The number of ether oxygens (including phenoxy) is 2. The summed E-state index contributed by atoms with van der Waals surface area (Å²) in [6.07, 6.45) is 3.34. The first-order valence-corrected chi connectivity index (χ1v) is 7.17. The molecule has 0 unspecified atom stereocenters. The van der Waals surface area contributed by atoms with Gasteiger partial charge in [0.05, 0.1) is 5.56 Å². The van der Waals surface area contributed by atoms with Crippen molar-refractivity contribution >= 4 is 11.6 Å². The molecular weight excluding hydrogens is 256 g/mol. The molecule has 5 heteroatoms. The number of hydrogen-bond acceptors (Lipinski definition) is 4. The molecule has 3 rings (SSSR count). The van der Waals surface area contributed by atoms with Gasteiger partial charge in [-0.05, 0) is 24.8 Å². The van der Waals surface area contributed by atoms with Crippen LogP contribution in [0, 0.1) is 5.92 Å². The molecule has 1 aromatic rings. The standard InChI is InChI=1S/C15H20N2O3/c1-2-10-3-5-17(6-4-10)15(18)11-7-13-14(8-12(11)16)20-9-19-13/h7-8,10H,2-6,9,16H2,1H3. The molecule has 2 heterocycles. The summed E-state index contributed by atoms with van der Waals surface area (Å²) in [5, 5.41) is 0. The third kappa shape index (κ3) is 2.28. The summed E-state index contributed by atoms with van der Waals surface area (Å²) in [5.41, 5.74) is 6.94. The molecule has 1 aromatic carbocycles. The van der Waals surface area contributed by atoms with Gasteiger partial charge in [-0.2, -0.15) is 0 Å². The molecular formula is C15H20N2O3. The van der Waals surface area contributed by atoms with Crippen LogP contribution in [0.1, 0.15) is 36.5 Å². The number of rotatable bonds is 2. The molecule has 20 heavy (non-hydrogen) atoms. The second-order valence-corrected chi connectivity index (χ2v) is 5.44. The molecule has 108 valence electrons. The van der Waals surface area contributed by atoms with E-state index in [1.165, 1.54) is 6.42 Å². The van der Waals surface area contributed by atoms with Crippen molar-refractivity contribution in [3.8, 4) is 11.5 Å². The lowest BCUT2D eigenvalue weighted by Crippen LogP contribution is -2.38. The number of carbonyl (C=O) groups excluding carboxylic acids is 1. The van der Waals surface area contributed by atoms with Crippen molar-refractivity contribution < 1.29 is 14.3 Å². The zero-order valence-electron chi connectivity index (χ0n) is 11.7. The molecule has 1 saturated heterocycles. The first-order chi connectivity index (χ1) is 9.69. The van der Waals surface area contributed by atoms with Crippen LogP contribution in [0.25, 0.3) is 0 Å². The van der Waals surface area contributed by atoms with Gasteiger partial charge in [0.1, 0.15) is 0 Å². The highest BCUT2D eigenvalue weighted by atomic mass is 16.7. The number of fused-ring (bicyclic) bond motifs is 1. The van der Waals surface area contributed by atoms with E-state index >= 15 is 0 Å². The zero-order valence-corrected chi connectivity index (χ0v) is 11.7. The van der Waals surface area contributed by atoms with Gasteiger partial charge in [-0.1, -0.05) is 13.3 Å². The number of hydrogen-bond donors (Lipinski definition) is 1. The molecule has 2 N–H and O–H groups in total.